The summed E-state index contributed by atoms with van der Waals surface area (Å²) in [4.78, 5) is 14.5. The molecular weight excluding hydrogens is 255 g/mol. The van der Waals surface area contributed by atoms with Crippen LogP contribution in [-0.4, -0.2) is 36.5 Å². The molecule has 0 atom stereocenters. The first-order chi connectivity index (χ1) is 9.60. The predicted octanol–water partition coefficient (Wildman–Crippen LogP) is 2.74. The predicted molar refractivity (Wildman–Crippen MR) is 78.4 cm³/mol. The van der Waals surface area contributed by atoms with Crippen molar-refractivity contribution in [3.8, 4) is 0 Å². The Hall–Kier alpha value is -1.42. The number of hydrogen-bond donors (Lipinski definition) is 1. The van der Waals surface area contributed by atoms with Gasteiger partial charge in [0.2, 0.25) is 0 Å². The van der Waals surface area contributed by atoms with Crippen molar-refractivity contribution in [3.05, 3.63) is 35.1 Å². The molecule has 4 heteroatoms. The van der Waals surface area contributed by atoms with Crippen LogP contribution in [0.4, 0.5) is 4.39 Å². The van der Waals surface area contributed by atoms with Crippen LogP contribution in [-0.2, 0) is 0 Å². The summed E-state index contributed by atoms with van der Waals surface area (Å²) in [6, 6.07) is 4.85. The van der Waals surface area contributed by atoms with Gasteiger partial charge in [-0.15, -0.1) is 0 Å². The van der Waals surface area contributed by atoms with Crippen molar-refractivity contribution in [3.63, 3.8) is 0 Å². The molecule has 1 aromatic rings. The molecule has 0 radical (unpaired) electrons. The van der Waals surface area contributed by atoms with Gasteiger partial charge in [-0.25, -0.2) is 4.39 Å². The molecule has 1 N–H and O–H groups in total. The lowest BCUT2D eigenvalue weighted by Crippen LogP contribution is -2.44. The summed E-state index contributed by atoms with van der Waals surface area (Å²) in [5.41, 5.74) is 0.971. The van der Waals surface area contributed by atoms with E-state index in [1.54, 1.807) is 19.1 Å². The molecule has 0 unspecified atom stereocenters. The first-order valence-electron chi connectivity index (χ1n) is 7.39. The van der Waals surface area contributed by atoms with Gasteiger partial charge in [0.25, 0.3) is 5.91 Å². The highest BCUT2D eigenvalue weighted by Gasteiger charge is 2.20. The summed E-state index contributed by atoms with van der Waals surface area (Å²) in [6.45, 7) is 7.06. The Bertz CT molecular complexity index is 468. The number of carbonyl (C=O) groups is 1. The maximum absolute atomic E-state index is 13.5. The molecule has 1 aromatic carbocycles. The Morgan fingerprint density at radius 2 is 2.10 bits per heavy atom. The largest absolute Gasteiger partial charge is 0.349 e. The fourth-order valence-corrected chi connectivity index (χ4v) is 2.62. The molecule has 2 rings (SSSR count). The molecule has 110 valence electrons. The van der Waals surface area contributed by atoms with Crippen molar-refractivity contribution < 1.29 is 9.18 Å². The first kappa shape index (κ1) is 15.0. The van der Waals surface area contributed by atoms with Crippen LogP contribution in [0.2, 0.25) is 0 Å². The van der Waals surface area contributed by atoms with E-state index in [4.69, 9.17) is 0 Å². The second-order valence-corrected chi connectivity index (χ2v) is 5.55. The number of piperidine rings is 1. The Kier molecular flexibility index (Phi) is 5.12. The van der Waals surface area contributed by atoms with Gasteiger partial charge in [-0.05, 0) is 50.4 Å². The number of rotatable bonds is 4. The van der Waals surface area contributed by atoms with Gasteiger partial charge in [0.15, 0.2) is 0 Å². The van der Waals surface area contributed by atoms with Crippen molar-refractivity contribution >= 4 is 5.91 Å². The third-order valence-electron chi connectivity index (χ3n) is 3.90. The number of nitrogens with zero attached hydrogens (tertiary/aromatic N) is 1. The highest BCUT2D eigenvalue weighted by Crippen LogP contribution is 2.13. The van der Waals surface area contributed by atoms with E-state index in [1.807, 2.05) is 0 Å². The molecule has 1 fully saturated rings. The molecule has 1 aliphatic heterocycles. The number of likely N-dealkylation sites (tertiary alicyclic amines) is 1. The maximum Gasteiger partial charge on any atom is 0.251 e. The zero-order chi connectivity index (χ0) is 14.5. The first-order valence-corrected chi connectivity index (χ1v) is 7.39. The van der Waals surface area contributed by atoms with E-state index in [-0.39, 0.29) is 17.8 Å². The van der Waals surface area contributed by atoms with Gasteiger partial charge in [-0.3, -0.25) is 4.79 Å². The van der Waals surface area contributed by atoms with Crippen molar-refractivity contribution in [1.29, 1.82) is 0 Å². The zero-order valence-corrected chi connectivity index (χ0v) is 12.3. The van der Waals surface area contributed by atoms with Crippen LogP contribution < -0.4 is 5.32 Å². The van der Waals surface area contributed by atoms with E-state index in [0.717, 1.165) is 32.5 Å². The maximum atomic E-state index is 13.5. The molecule has 20 heavy (non-hydrogen) atoms. The quantitative estimate of drug-likeness (QED) is 0.918. The third-order valence-corrected chi connectivity index (χ3v) is 3.90. The van der Waals surface area contributed by atoms with Crippen LogP contribution in [0.1, 0.15) is 42.1 Å². The van der Waals surface area contributed by atoms with Crippen LogP contribution in [0.3, 0.4) is 0 Å². The summed E-state index contributed by atoms with van der Waals surface area (Å²) in [6.07, 6.45) is 3.11. The average molecular weight is 278 g/mol. The molecular formula is C16H23FN2O. The second kappa shape index (κ2) is 6.84. The molecule has 0 saturated carbocycles. The fraction of sp³-hybridized carbons (Fsp3) is 0.562. The van der Waals surface area contributed by atoms with Gasteiger partial charge in [0.1, 0.15) is 5.82 Å². The Balaban J connectivity index is 1.87. The summed E-state index contributed by atoms with van der Waals surface area (Å²) in [5, 5.41) is 3.01. The van der Waals surface area contributed by atoms with Crippen LogP contribution >= 0.6 is 0 Å². The lowest BCUT2D eigenvalue weighted by Gasteiger charge is -2.32. The standard InChI is InChI=1S/C16H23FN2O/c1-3-8-19-9-6-14(7-10-19)18-16(20)13-5-4-12(2)15(17)11-13/h4-5,11,14H,3,6-10H2,1-2H3,(H,18,20). The van der Waals surface area contributed by atoms with E-state index < -0.39 is 0 Å². The van der Waals surface area contributed by atoms with Crippen LogP contribution in [0.5, 0.6) is 0 Å². The van der Waals surface area contributed by atoms with E-state index >= 15 is 0 Å². The number of nitrogens with one attached hydrogen (secondary N) is 1. The van der Waals surface area contributed by atoms with Gasteiger partial charge in [-0.2, -0.15) is 0 Å². The summed E-state index contributed by atoms with van der Waals surface area (Å²) < 4.78 is 13.5. The second-order valence-electron chi connectivity index (χ2n) is 5.55. The molecule has 0 aliphatic carbocycles. The molecule has 0 bridgehead atoms. The highest BCUT2D eigenvalue weighted by molar-refractivity contribution is 5.94. The number of hydrogen-bond acceptors (Lipinski definition) is 2. The summed E-state index contributed by atoms with van der Waals surface area (Å²) >= 11 is 0. The number of aryl methyl sites for hydroxylation is 1. The molecule has 1 saturated heterocycles. The molecule has 1 amide bonds. The minimum atomic E-state index is -0.324. The van der Waals surface area contributed by atoms with E-state index in [9.17, 15) is 9.18 Å². The van der Waals surface area contributed by atoms with Gasteiger partial charge >= 0.3 is 0 Å². The SMILES string of the molecule is CCCN1CCC(NC(=O)c2ccc(C)c(F)c2)CC1. The summed E-state index contributed by atoms with van der Waals surface area (Å²) in [7, 11) is 0. The van der Waals surface area contributed by atoms with E-state index in [1.165, 1.54) is 12.5 Å². The third kappa shape index (κ3) is 3.79. The summed E-state index contributed by atoms with van der Waals surface area (Å²) in [5.74, 6) is -0.492. The van der Waals surface area contributed by atoms with Crippen molar-refractivity contribution in [2.45, 2.75) is 39.2 Å². The number of carbonyl (C=O) groups excluding carboxylic acids is 1. The lowest BCUT2D eigenvalue weighted by molar-refractivity contribution is 0.0910. The van der Waals surface area contributed by atoms with Gasteiger partial charge in [-0.1, -0.05) is 13.0 Å². The van der Waals surface area contributed by atoms with E-state index in [2.05, 4.69) is 17.1 Å². The minimum absolute atomic E-state index is 0.169. The Morgan fingerprint density at radius 1 is 1.40 bits per heavy atom. The zero-order valence-electron chi connectivity index (χ0n) is 12.3. The van der Waals surface area contributed by atoms with Gasteiger partial charge in [0.05, 0.1) is 0 Å². The van der Waals surface area contributed by atoms with Gasteiger partial charge in [0, 0.05) is 24.7 Å². The highest BCUT2D eigenvalue weighted by atomic mass is 19.1. The smallest absolute Gasteiger partial charge is 0.251 e. The van der Waals surface area contributed by atoms with Crippen molar-refractivity contribution in [2.24, 2.45) is 0 Å². The van der Waals surface area contributed by atoms with E-state index in [0.29, 0.717) is 11.1 Å². The Morgan fingerprint density at radius 3 is 2.70 bits per heavy atom. The average Bonchev–Trinajstić information content (AvgIpc) is 2.44. The number of amides is 1. The number of benzene rings is 1. The minimum Gasteiger partial charge on any atom is -0.349 e. The van der Waals surface area contributed by atoms with Crippen LogP contribution in [0.15, 0.2) is 18.2 Å². The monoisotopic (exact) mass is 278 g/mol. The fourth-order valence-electron chi connectivity index (χ4n) is 2.62. The molecule has 1 aliphatic rings. The van der Waals surface area contributed by atoms with Crippen LogP contribution in [0, 0.1) is 12.7 Å². The van der Waals surface area contributed by atoms with Gasteiger partial charge < -0.3 is 10.2 Å². The van der Waals surface area contributed by atoms with Crippen LogP contribution in [0.25, 0.3) is 0 Å². The normalized spacial score (nSPS) is 17.1. The lowest BCUT2D eigenvalue weighted by atomic mass is 10.0. The van der Waals surface area contributed by atoms with Crippen molar-refractivity contribution in [1.82, 2.24) is 10.2 Å². The molecule has 3 nitrogen and oxygen atoms in total. The number of halogens is 1. The molecule has 1 heterocycles. The molecule has 0 spiro atoms. The topological polar surface area (TPSA) is 32.3 Å². The Labute approximate surface area is 120 Å². The molecule has 0 aromatic heterocycles. The van der Waals surface area contributed by atoms with Crippen molar-refractivity contribution in [2.75, 3.05) is 19.6 Å².